The molecular formula is C21H17N2O5S2-. The summed E-state index contributed by atoms with van der Waals surface area (Å²) in [6, 6.07) is 11.3. The molecule has 9 heteroatoms. The summed E-state index contributed by atoms with van der Waals surface area (Å²) in [6.45, 7) is 2.08. The van der Waals surface area contributed by atoms with Gasteiger partial charge in [-0.2, -0.15) is 0 Å². The summed E-state index contributed by atoms with van der Waals surface area (Å²) in [7, 11) is 0. The van der Waals surface area contributed by atoms with Gasteiger partial charge in [0.1, 0.15) is 4.32 Å². The zero-order valence-corrected chi connectivity index (χ0v) is 17.5. The van der Waals surface area contributed by atoms with Crippen LogP contribution < -0.4 is 10.4 Å². The van der Waals surface area contributed by atoms with Crippen molar-refractivity contribution in [2.75, 3.05) is 11.9 Å². The minimum Gasteiger partial charge on any atom is -0.872 e. The predicted molar refractivity (Wildman–Crippen MR) is 117 cm³/mol. The molecule has 30 heavy (non-hydrogen) atoms. The van der Waals surface area contributed by atoms with E-state index >= 15 is 0 Å². The van der Waals surface area contributed by atoms with Gasteiger partial charge >= 0.3 is 5.97 Å². The first-order valence-electron chi connectivity index (χ1n) is 8.91. The first-order chi connectivity index (χ1) is 14.2. The number of hydrogen-bond donors (Lipinski definition) is 2. The average molecular weight is 442 g/mol. The third kappa shape index (κ3) is 5.05. The Bertz CT molecular complexity index is 1060. The highest BCUT2D eigenvalue weighted by Gasteiger charge is 2.32. The molecule has 3 rings (SSSR count). The van der Waals surface area contributed by atoms with Crippen LogP contribution in [0.1, 0.15) is 27.9 Å². The number of benzene rings is 2. The summed E-state index contributed by atoms with van der Waals surface area (Å²) in [5.74, 6) is -2.70. The van der Waals surface area contributed by atoms with Gasteiger partial charge in [0, 0.05) is 18.7 Å². The molecule has 1 fully saturated rings. The molecule has 2 amide bonds. The van der Waals surface area contributed by atoms with Crippen LogP contribution in [-0.4, -0.2) is 38.7 Å². The quantitative estimate of drug-likeness (QED) is 0.524. The number of amides is 2. The van der Waals surface area contributed by atoms with Gasteiger partial charge in [0.25, 0.3) is 5.91 Å². The Morgan fingerprint density at radius 1 is 1.23 bits per heavy atom. The van der Waals surface area contributed by atoms with Gasteiger partial charge in [-0.1, -0.05) is 59.6 Å². The summed E-state index contributed by atoms with van der Waals surface area (Å²) < 4.78 is 0.374. The fourth-order valence-corrected chi connectivity index (χ4v) is 4.03. The van der Waals surface area contributed by atoms with Gasteiger partial charge in [-0.15, -0.1) is 0 Å². The van der Waals surface area contributed by atoms with Crippen LogP contribution >= 0.6 is 24.0 Å². The summed E-state index contributed by atoms with van der Waals surface area (Å²) in [5, 5.41) is 23.1. The maximum atomic E-state index is 12.6. The van der Waals surface area contributed by atoms with Crippen LogP contribution in [0.25, 0.3) is 6.08 Å². The van der Waals surface area contributed by atoms with Crippen LogP contribution in [0.15, 0.2) is 47.4 Å². The molecule has 0 aliphatic carbocycles. The standard InChI is InChI=1S/C21H18N2O5S2/c1-12-2-4-13(5-3-12)10-17-19(26)23(21(29)30-17)9-8-18(25)22-14-6-7-15(20(27)28)16(24)11-14/h2-7,10-11,24H,8-9H2,1H3,(H,22,25)(H,27,28)/p-1/b17-10-. The molecule has 0 spiro atoms. The van der Waals surface area contributed by atoms with Gasteiger partial charge in [-0.3, -0.25) is 14.5 Å². The second kappa shape index (κ2) is 9.10. The molecule has 2 N–H and O–H groups in total. The van der Waals surface area contributed by atoms with Gasteiger partial charge in [-0.05, 0) is 36.8 Å². The van der Waals surface area contributed by atoms with Gasteiger partial charge in [-0.25, -0.2) is 4.79 Å². The van der Waals surface area contributed by atoms with Gasteiger partial charge in [0.15, 0.2) is 0 Å². The largest absolute Gasteiger partial charge is 0.872 e. The van der Waals surface area contributed by atoms with Gasteiger partial charge in [0.05, 0.1) is 10.5 Å². The van der Waals surface area contributed by atoms with Crippen molar-refractivity contribution in [1.29, 1.82) is 0 Å². The molecule has 154 valence electrons. The monoisotopic (exact) mass is 441 g/mol. The number of thioether (sulfide) groups is 1. The summed E-state index contributed by atoms with van der Waals surface area (Å²) >= 11 is 6.45. The minimum absolute atomic E-state index is 0.0286. The lowest BCUT2D eigenvalue weighted by Crippen LogP contribution is -2.31. The first kappa shape index (κ1) is 21.5. The van der Waals surface area contributed by atoms with E-state index < -0.39 is 17.6 Å². The van der Waals surface area contributed by atoms with Crippen molar-refractivity contribution in [3.8, 4) is 5.75 Å². The fraction of sp³-hybridized carbons (Fsp3) is 0.143. The number of carbonyl (C=O) groups excluding carboxylic acids is 2. The number of thiocarbonyl (C=S) groups is 1. The third-order valence-corrected chi connectivity index (χ3v) is 5.68. The van der Waals surface area contributed by atoms with Crippen molar-refractivity contribution in [1.82, 2.24) is 4.90 Å². The number of anilines is 1. The summed E-state index contributed by atoms with van der Waals surface area (Å²) in [4.78, 5) is 37.5. The van der Waals surface area contributed by atoms with Gasteiger partial charge in [0.2, 0.25) is 5.91 Å². The topological polar surface area (TPSA) is 110 Å². The number of aromatic carboxylic acids is 1. The summed E-state index contributed by atoms with van der Waals surface area (Å²) in [5.41, 5.74) is 1.83. The van der Waals surface area contributed by atoms with E-state index in [1.807, 2.05) is 31.2 Å². The zero-order valence-electron chi connectivity index (χ0n) is 15.9. The predicted octanol–water partition coefficient (Wildman–Crippen LogP) is 3.00. The normalized spacial score (nSPS) is 15.0. The van der Waals surface area contributed by atoms with Crippen molar-refractivity contribution >= 4 is 57.8 Å². The van der Waals surface area contributed by atoms with Crippen LogP contribution in [-0.2, 0) is 9.59 Å². The lowest BCUT2D eigenvalue weighted by molar-refractivity contribution is -0.268. The second-order valence-electron chi connectivity index (χ2n) is 6.56. The van der Waals surface area contributed by atoms with E-state index in [-0.39, 0.29) is 30.1 Å². The molecule has 1 saturated heterocycles. The van der Waals surface area contributed by atoms with E-state index in [4.69, 9.17) is 17.3 Å². The van der Waals surface area contributed by atoms with Crippen molar-refractivity contribution in [2.24, 2.45) is 0 Å². The molecule has 0 atom stereocenters. The molecule has 1 aliphatic rings. The van der Waals surface area contributed by atoms with E-state index in [9.17, 15) is 19.5 Å². The Morgan fingerprint density at radius 3 is 2.57 bits per heavy atom. The highest BCUT2D eigenvalue weighted by Crippen LogP contribution is 2.32. The number of carboxylic acids is 1. The molecular weight excluding hydrogens is 424 g/mol. The molecule has 0 radical (unpaired) electrons. The molecule has 2 aromatic rings. The number of rotatable bonds is 6. The molecule has 0 bridgehead atoms. The van der Waals surface area contributed by atoms with E-state index in [0.29, 0.717) is 9.23 Å². The Kier molecular flexibility index (Phi) is 6.53. The van der Waals surface area contributed by atoms with Crippen molar-refractivity contribution in [2.45, 2.75) is 13.3 Å². The molecule has 0 aromatic heterocycles. The highest BCUT2D eigenvalue weighted by molar-refractivity contribution is 8.26. The maximum absolute atomic E-state index is 12.6. The van der Waals surface area contributed by atoms with Crippen molar-refractivity contribution < 1.29 is 24.6 Å². The SMILES string of the molecule is Cc1ccc(/C=C2\SC(=S)N(CCC(=O)Nc3ccc(C(=O)O)c([O-])c3)C2=O)cc1. The fourth-order valence-electron chi connectivity index (χ4n) is 2.72. The van der Waals surface area contributed by atoms with Crippen molar-refractivity contribution in [3.63, 3.8) is 0 Å². The van der Waals surface area contributed by atoms with Crippen LogP contribution in [0.4, 0.5) is 5.69 Å². The lowest BCUT2D eigenvalue weighted by Gasteiger charge is -2.15. The van der Waals surface area contributed by atoms with Gasteiger partial charge < -0.3 is 15.5 Å². The molecule has 7 nitrogen and oxygen atoms in total. The smallest absolute Gasteiger partial charge is 0.335 e. The number of nitrogens with zero attached hydrogens (tertiary/aromatic N) is 1. The van der Waals surface area contributed by atoms with E-state index in [0.717, 1.165) is 23.3 Å². The number of aryl methyl sites for hydroxylation is 1. The Morgan fingerprint density at radius 2 is 1.93 bits per heavy atom. The molecule has 2 aromatic carbocycles. The summed E-state index contributed by atoms with van der Waals surface area (Å²) in [6.07, 6.45) is 1.73. The third-order valence-electron chi connectivity index (χ3n) is 4.31. The molecule has 1 heterocycles. The molecule has 0 saturated carbocycles. The van der Waals surface area contributed by atoms with Crippen LogP contribution in [0.2, 0.25) is 0 Å². The van der Waals surface area contributed by atoms with E-state index in [1.165, 1.54) is 22.7 Å². The average Bonchev–Trinajstić information content (AvgIpc) is 2.94. The van der Waals surface area contributed by atoms with Crippen LogP contribution in [0.5, 0.6) is 5.75 Å². The number of nitrogens with one attached hydrogen (secondary N) is 1. The highest BCUT2D eigenvalue weighted by atomic mass is 32.2. The number of carboxylic acid groups (broad SMARTS) is 1. The van der Waals surface area contributed by atoms with Crippen molar-refractivity contribution in [3.05, 3.63) is 64.1 Å². The van der Waals surface area contributed by atoms with Crippen LogP contribution in [0.3, 0.4) is 0 Å². The Labute approximate surface area is 182 Å². The molecule has 0 unspecified atom stereocenters. The maximum Gasteiger partial charge on any atom is 0.335 e. The van der Waals surface area contributed by atoms with E-state index in [2.05, 4.69) is 5.32 Å². The number of hydrogen-bond acceptors (Lipinski definition) is 6. The first-order valence-corrected chi connectivity index (χ1v) is 10.1. The Balaban J connectivity index is 1.60. The number of carbonyl (C=O) groups is 3. The zero-order chi connectivity index (χ0) is 21.8. The van der Waals surface area contributed by atoms with Crippen LogP contribution in [0, 0.1) is 6.92 Å². The lowest BCUT2D eigenvalue weighted by atomic mass is 10.1. The molecule has 1 aliphatic heterocycles. The second-order valence-corrected chi connectivity index (χ2v) is 8.23. The Hall–Kier alpha value is -3.17. The van der Waals surface area contributed by atoms with E-state index in [1.54, 1.807) is 6.08 Å². The minimum atomic E-state index is -1.33.